The fourth-order valence-corrected chi connectivity index (χ4v) is 3.45. The first-order valence-corrected chi connectivity index (χ1v) is 4.82. The van der Waals surface area contributed by atoms with Crippen molar-refractivity contribution in [3.05, 3.63) is 0 Å². The lowest BCUT2D eigenvalue weighted by Gasteiger charge is -2.55. The minimum atomic E-state index is 0.617. The van der Waals surface area contributed by atoms with E-state index in [0.29, 0.717) is 10.8 Å². The van der Waals surface area contributed by atoms with Crippen molar-refractivity contribution in [2.45, 2.75) is 39.5 Å². The third-order valence-electron chi connectivity index (χ3n) is 4.62. The maximum atomic E-state index is 5.64. The van der Waals surface area contributed by atoms with Gasteiger partial charge in [-0.2, -0.15) is 0 Å². The topological polar surface area (TPSA) is 26.0 Å². The van der Waals surface area contributed by atoms with Gasteiger partial charge in [-0.3, -0.25) is 0 Å². The summed E-state index contributed by atoms with van der Waals surface area (Å²) >= 11 is 0. The summed E-state index contributed by atoms with van der Waals surface area (Å²) in [6.07, 6.45) is 5.64. The highest BCUT2D eigenvalue weighted by Gasteiger charge is 2.63. The highest BCUT2D eigenvalue weighted by atomic mass is 14.7. The first kappa shape index (κ1) is 7.60. The molecular formula is C10H19N. The molecule has 0 saturated heterocycles. The Morgan fingerprint density at radius 2 is 2.18 bits per heavy atom. The summed E-state index contributed by atoms with van der Waals surface area (Å²) in [4.78, 5) is 0. The van der Waals surface area contributed by atoms with E-state index in [2.05, 4.69) is 13.8 Å². The standard InChI is InChI=1S/C10H19N/c1-9(2)8-3-4-10(9,7-8)5-6-11/h8H,3-7,11H2,1-2H3. The predicted octanol–water partition coefficient (Wildman–Crippen LogP) is 2.16. The van der Waals surface area contributed by atoms with Crippen molar-refractivity contribution in [2.75, 3.05) is 6.54 Å². The predicted molar refractivity (Wildman–Crippen MR) is 47.2 cm³/mol. The average Bonchev–Trinajstić information content (AvgIpc) is 2.44. The van der Waals surface area contributed by atoms with Gasteiger partial charge in [0.1, 0.15) is 0 Å². The van der Waals surface area contributed by atoms with E-state index < -0.39 is 0 Å². The van der Waals surface area contributed by atoms with Gasteiger partial charge in [-0.05, 0) is 49.0 Å². The zero-order valence-corrected chi connectivity index (χ0v) is 7.69. The van der Waals surface area contributed by atoms with Crippen LogP contribution in [0.4, 0.5) is 0 Å². The SMILES string of the molecule is CC1(C)C2CCC1(CCN)C2. The molecule has 0 radical (unpaired) electrons. The number of hydrogen-bond acceptors (Lipinski definition) is 1. The van der Waals surface area contributed by atoms with Gasteiger partial charge in [0.2, 0.25) is 0 Å². The van der Waals surface area contributed by atoms with Crippen LogP contribution in [0.3, 0.4) is 0 Å². The number of fused-ring (bicyclic) bond motifs is 1. The number of rotatable bonds is 2. The smallest absolute Gasteiger partial charge is 0.00718 e. The van der Waals surface area contributed by atoms with Gasteiger partial charge in [-0.1, -0.05) is 13.8 Å². The van der Waals surface area contributed by atoms with E-state index in [1.54, 1.807) is 0 Å². The van der Waals surface area contributed by atoms with E-state index in [-0.39, 0.29) is 0 Å². The molecule has 1 nitrogen and oxygen atoms in total. The first-order chi connectivity index (χ1) is 5.12. The van der Waals surface area contributed by atoms with E-state index in [1.165, 1.54) is 25.7 Å². The lowest BCUT2D eigenvalue weighted by molar-refractivity contribution is -0.0596. The lowest BCUT2D eigenvalue weighted by Crippen LogP contribution is -2.48. The second-order valence-electron chi connectivity index (χ2n) is 4.98. The summed E-state index contributed by atoms with van der Waals surface area (Å²) < 4.78 is 0. The van der Waals surface area contributed by atoms with E-state index >= 15 is 0 Å². The zero-order chi connectivity index (χ0) is 8.11. The Hall–Kier alpha value is -0.0400. The molecule has 3 aliphatic rings. The molecule has 64 valence electrons. The summed E-state index contributed by atoms with van der Waals surface area (Å²) in [5, 5.41) is 0. The fourth-order valence-electron chi connectivity index (χ4n) is 3.45. The van der Waals surface area contributed by atoms with Crippen molar-refractivity contribution in [3.63, 3.8) is 0 Å². The summed E-state index contributed by atoms with van der Waals surface area (Å²) in [5.74, 6) is 1.02. The van der Waals surface area contributed by atoms with Crippen LogP contribution in [-0.4, -0.2) is 6.54 Å². The van der Waals surface area contributed by atoms with Crippen LogP contribution in [0.25, 0.3) is 0 Å². The molecule has 3 saturated carbocycles. The molecule has 0 aliphatic heterocycles. The van der Waals surface area contributed by atoms with Crippen molar-refractivity contribution in [3.8, 4) is 0 Å². The van der Waals surface area contributed by atoms with Gasteiger partial charge in [0.25, 0.3) is 0 Å². The molecule has 0 amide bonds. The zero-order valence-electron chi connectivity index (χ0n) is 7.69. The van der Waals surface area contributed by atoms with Gasteiger partial charge >= 0.3 is 0 Å². The minimum Gasteiger partial charge on any atom is -0.330 e. The van der Waals surface area contributed by atoms with Crippen molar-refractivity contribution < 1.29 is 0 Å². The van der Waals surface area contributed by atoms with Crippen LogP contribution < -0.4 is 5.73 Å². The van der Waals surface area contributed by atoms with Crippen molar-refractivity contribution in [2.24, 2.45) is 22.5 Å². The molecule has 0 spiro atoms. The molecule has 2 N–H and O–H groups in total. The Balaban J connectivity index is 2.15. The minimum absolute atomic E-state index is 0.617. The molecule has 0 aromatic heterocycles. The van der Waals surface area contributed by atoms with Gasteiger partial charge < -0.3 is 5.73 Å². The molecule has 11 heavy (non-hydrogen) atoms. The highest BCUT2D eigenvalue weighted by Crippen LogP contribution is 2.71. The monoisotopic (exact) mass is 153 g/mol. The molecule has 2 bridgehead atoms. The van der Waals surface area contributed by atoms with Crippen LogP contribution >= 0.6 is 0 Å². The number of nitrogens with two attached hydrogens (primary N) is 1. The Bertz CT molecular complexity index is 170. The number of hydrogen-bond donors (Lipinski definition) is 1. The van der Waals surface area contributed by atoms with Crippen LogP contribution in [-0.2, 0) is 0 Å². The quantitative estimate of drug-likeness (QED) is 0.646. The van der Waals surface area contributed by atoms with E-state index in [0.717, 1.165) is 12.5 Å². The average molecular weight is 153 g/mol. The van der Waals surface area contributed by atoms with Gasteiger partial charge in [0, 0.05) is 0 Å². The highest BCUT2D eigenvalue weighted by molar-refractivity contribution is 5.12. The van der Waals surface area contributed by atoms with Crippen LogP contribution in [0.15, 0.2) is 0 Å². The first-order valence-electron chi connectivity index (χ1n) is 4.82. The summed E-state index contributed by atoms with van der Waals surface area (Å²) in [6.45, 7) is 5.75. The third-order valence-corrected chi connectivity index (χ3v) is 4.62. The third kappa shape index (κ3) is 0.703. The largest absolute Gasteiger partial charge is 0.330 e. The van der Waals surface area contributed by atoms with Crippen LogP contribution in [0.1, 0.15) is 39.5 Å². The van der Waals surface area contributed by atoms with Crippen molar-refractivity contribution >= 4 is 0 Å². The molecule has 0 aromatic carbocycles. The molecule has 0 heterocycles. The summed E-state index contributed by atoms with van der Waals surface area (Å²) in [5.41, 5.74) is 6.92. The molecule has 2 atom stereocenters. The summed E-state index contributed by atoms with van der Waals surface area (Å²) in [7, 11) is 0. The second-order valence-corrected chi connectivity index (χ2v) is 4.98. The lowest BCUT2D eigenvalue weighted by atomic mass is 9.50. The van der Waals surface area contributed by atoms with Crippen LogP contribution in [0.5, 0.6) is 0 Å². The van der Waals surface area contributed by atoms with Gasteiger partial charge in [0.15, 0.2) is 0 Å². The Morgan fingerprint density at radius 1 is 1.45 bits per heavy atom. The maximum Gasteiger partial charge on any atom is -0.00718 e. The van der Waals surface area contributed by atoms with E-state index in [1.807, 2.05) is 0 Å². The van der Waals surface area contributed by atoms with Crippen LogP contribution in [0, 0.1) is 16.7 Å². The summed E-state index contributed by atoms with van der Waals surface area (Å²) in [6, 6.07) is 0. The van der Waals surface area contributed by atoms with Gasteiger partial charge in [0.05, 0.1) is 0 Å². The van der Waals surface area contributed by atoms with Gasteiger partial charge in [-0.25, -0.2) is 0 Å². The van der Waals surface area contributed by atoms with Gasteiger partial charge in [-0.15, -0.1) is 0 Å². The Morgan fingerprint density at radius 3 is 2.55 bits per heavy atom. The molecule has 1 heteroatoms. The molecule has 3 fully saturated rings. The van der Waals surface area contributed by atoms with E-state index in [9.17, 15) is 0 Å². The van der Waals surface area contributed by atoms with Crippen molar-refractivity contribution in [1.29, 1.82) is 0 Å². The Kier molecular flexibility index (Phi) is 1.39. The van der Waals surface area contributed by atoms with Crippen LogP contribution in [0.2, 0.25) is 0 Å². The molecule has 3 rings (SSSR count). The molecule has 0 aromatic rings. The van der Waals surface area contributed by atoms with Crippen molar-refractivity contribution in [1.82, 2.24) is 0 Å². The maximum absolute atomic E-state index is 5.64. The molecule has 2 unspecified atom stereocenters. The normalized spacial score (nSPS) is 45.5. The molecule has 3 aliphatic carbocycles. The Labute approximate surface area is 69.4 Å². The molecular weight excluding hydrogens is 134 g/mol. The van der Waals surface area contributed by atoms with E-state index in [4.69, 9.17) is 5.73 Å². The fraction of sp³-hybridized carbons (Fsp3) is 1.00. The second kappa shape index (κ2) is 2.01.